The Bertz CT molecular complexity index is 826. The maximum atomic E-state index is 13.1. The molecule has 0 bridgehead atoms. The van der Waals surface area contributed by atoms with Gasteiger partial charge in [-0.3, -0.25) is 4.79 Å². The molecule has 1 fully saturated rings. The van der Waals surface area contributed by atoms with Crippen LogP contribution in [0.3, 0.4) is 0 Å². The summed E-state index contributed by atoms with van der Waals surface area (Å²) in [5, 5.41) is 6.11. The molecule has 1 aliphatic heterocycles. The number of aryl methyl sites for hydroxylation is 2. The Morgan fingerprint density at radius 1 is 1.21 bits per heavy atom. The zero-order valence-corrected chi connectivity index (χ0v) is 16.7. The number of carbonyl (C=O) groups excluding carboxylic acids is 1. The van der Waals surface area contributed by atoms with Gasteiger partial charge in [0.25, 0.3) is 0 Å². The first-order chi connectivity index (χ1) is 13.5. The average molecular weight is 406 g/mol. The third kappa shape index (κ3) is 5.79. The van der Waals surface area contributed by atoms with Gasteiger partial charge in [-0.15, -0.1) is 0 Å². The molecule has 8 heteroatoms. The van der Waals surface area contributed by atoms with Crippen molar-refractivity contribution in [1.82, 2.24) is 15.3 Å². The number of amides is 1. The quantitative estimate of drug-likeness (QED) is 0.659. The van der Waals surface area contributed by atoms with Crippen LogP contribution in [-0.4, -0.2) is 42.1 Å². The summed E-state index contributed by atoms with van der Waals surface area (Å²) >= 11 is 5.75. The Morgan fingerprint density at radius 3 is 2.75 bits per heavy atom. The summed E-state index contributed by atoms with van der Waals surface area (Å²) in [6.07, 6.45) is 3.23. The number of nitrogens with one attached hydrogen (secondary N) is 2. The normalized spacial score (nSPS) is 13.6. The molecule has 2 heterocycles. The van der Waals surface area contributed by atoms with Crippen molar-refractivity contribution >= 4 is 29.3 Å². The summed E-state index contributed by atoms with van der Waals surface area (Å²) in [5.41, 5.74) is 1.75. The van der Waals surface area contributed by atoms with Crippen molar-refractivity contribution in [1.29, 1.82) is 0 Å². The molecule has 2 N–H and O–H groups in total. The molecule has 1 aliphatic rings. The number of halogens is 2. The number of rotatable bonds is 8. The summed E-state index contributed by atoms with van der Waals surface area (Å²) in [6, 6.07) is 6.51. The number of hydrogen-bond acceptors (Lipinski definition) is 5. The van der Waals surface area contributed by atoms with Gasteiger partial charge in [-0.05, 0) is 43.9 Å². The largest absolute Gasteiger partial charge is 0.356 e. The number of anilines is 2. The van der Waals surface area contributed by atoms with E-state index in [2.05, 4.69) is 25.5 Å². The molecule has 150 valence electrons. The fourth-order valence-electron chi connectivity index (χ4n) is 3.16. The average Bonchev–Trinajstić information content (AvgIpc) is 3.21. The second kappa shape index (κ2) is 9.68. The van der Waals surface area contributed by atoms with Gasteiger partial charge < -0.3 is 15.5 Å². The molecule has 2 aromatic rings. The molecule has 0 saturated carbocycles. The van der Waals surface area contributed by atoms with Crippen molar-refractivity contribution in [2.45, 2.75) is 32.6 Å². The lowest BCUT2D eigenvalue weighted by Crippen LogP contribution is -2.29. The van der Waals surface area contributed by atoms with Crippen LogP contribution in [-0.2, 0) is 11.2 Å². The second-order valence-corrected chi connectivity index (χ2v) is 7.32. The van der Waals surface area contributed by atoms with Crippen molar-refractivity contribution in [2.24, 2.45) is 0 Å². The van der Waals surface area contributed by atoms with Crippen molar-refractivity contribution in [3.8, 4) is 0 Å². The topological polar surface area (TPSA) is 70.2 Å². The SMILES string of the molecule is Cc1cc(N2CCCC2)nc(NCCNC(=O)CCc2ccc(F)c(Cl)c2)n1. The minimum Gasteiger partial charge on any atom is -0.356 e. The number of nitrogens with zero attached hydrogens (tertiary/aromatic N) is 3. The van der Waals surface area contributed by atoms with Crippen LogP contribution in [0.4, 0.5) is 16.2 Å². The fraction of sp³-hybridized carbons (Fsp3) is 0.450. The molecule has 3 rings (SSSR count). The minimum absolute atomic E-state index is 0.0647. The molecule has 0 unspecified atom stereocenters. The van der Waals surface area contributed by atoms with Crippen LogP contribution in [0, 0.1) is 12.7 Å². The van der Waals surface area contributed by atoms with E-state index < -0.39 is 5.82 Å². The van der Waals surface area contributed by atoms with E-state index in [9.17, 15) is 9.18 Å². The summed E-state index contributed by atoms with van der Waals surface area (Å²) in [5.74, 6) is 1.02. The predicted molar refractivity (Wildman–Crippen MR) is 109 cm³/mol. The van der Waals surface area contributed by atoms with E-state index in [0.29, 0.717) is 31.9 Å². The molecular weight excluding hydrogens is 381 g/mol. The second-order valence-electron chi connectivity index (χ2n) is 6.91. The van der Waals surface area contributed by atoms with Gasteiger partial charge in [0.2, 0.25) is 11.9 Å². The Balaban J connectivity index is 1.40. The first-order valence-electron chi connectivity index (χ1n) is 9.56. The zero-order valence-electron chi connectivity index (χ0n) is 16.0. The van der Waals surface area contributed by atoms with Crippen molar-refractivity contribution in [2.75, 3.05) is 36.4 Å². The van der Waals surface area contributed by atoms with Gasteiger partial charge in [-0.25, -0.2) is 9.37 Å². The molecule has 1 amide bonds. The lowest BCUT2D eigenvalue weighted by atomic mass is 10.1. The van der Waals surface area contributed by atoms with Crippen LogP contribution in [0.15, 0.2) is 24.3 Å². The first-order valence-corrected chi connectivity index (χ1v) is 9.94. The van der Waals surface area contributed by atoms with E-state index in [1.54, 1.807) is 12.1 Å². The van der Waals surface area contributed by atoms with Gasteiger partial charge in [0.05, 0.1) is 5.02 Å². The first kappa shape index (κ1) is 20.3. The number of carbonyl (C=O) groups is 1. The molecular formula is C20H25ClFN5O. The third-order valence-corrected chi connectivity index (χ3v) is 4.92. The van der Waals surface area contributed by atoms with E-state index >= 15 is 0 Å². The van der Waals surface area contributed by atoms with Gasteiger partial charge in [0.1, 0.15) is 11.6 Å². The van der Waals surface area contributed by atoms with Crippen molar-refractivity contribution in [3.05, 3.63) is 46.4 Å². The maximum absolute atomic E-state index is 13.1. The standard InChI is InChI=1S/C20H25ClFN5O/c1-14-12-18(27-10-2-3-11-27)26-20(25-14)24-9-8-23-19(28)7-5-15-4-6-17(22)16(21)13-15/h4,6,12-13H,2-3,5,7-11H2,1H3,(H,23,28)(H,24,25,26). The molecule has 0 aliphatic carbocycles. The molecule has 28 heavy (non-hydrogen) atoms. The Hall–Kier alpha value is -2.41. The van der Waals surface area contributed by atoms with Gasteiger partial charge in [0, 0.05) is 44.4 Å². The highest BCUT2D eigenvalue weighted by molar-refractivity contribution is 6.30. The zero-order chi connectivity index (χ0) is 19.9. The molecule has 1 aromatic carbocycles. The number of aromatic nitrogens is 2. The molecule has 0 spiro atoms. The maximum Gasteiger partial charge on any atom is 0.224 e. The monoisotopic (exact) mass is 405 g/mol. The lowest BCUT2D eigenvalue weighted by Gasteiger charge is -2.17. The van der Waals surface area contributed by atoms with E-state index in [4.69, 9.17) is 11.6 Å². The van der Waals surface area contributed by atoms with Crippen LogP contribution in [0.1, 0.15) is 30.5 Å². The summed E-state index contributed by atoms with van der Waals surface area (Å²) in [7, 11) is 0. The summed E-state index contributed by atoms with van der Waals surface area (Å²) < 4.78 is 13.1. The highest BCUT2D eigenvalue weighted by Gasteiger charge is 2.15. The van der Waals surface area contributed by atoms with Crippen LogP contribution < -0.4 is 15.5 Å². The van der Waals surface area contributed by atoms with Gasteiger partial charge in [-0.1, -0.05) is 17.7 Å². The van der Waals surface area contributed by atoms with E-state index in [1.165, 1.54) is 18.9 Å². The minimum atomic E-state index is -0.452. The van der Waals surface area contributed by atoms with Gasteiger partial charge >= 0.3 is 0 Å². The molecule has 1 saturated heterocycles. The lowest BCUT2D eigenvalue weighted by molar-refractivity contribution is -0.120. The summed E-state index contributed by atoms with van der Waals surface area (Å²) in [6.45, 7) is 5.03. The molecule has 6 nitrogen and oxygen atoms in total. The highest BCUT2D eigenvalue weighted by Crippen LogP contribution is 2.20. The predicted octanol–water partition coefficient (Wildman–Crippen LogP) is 3.34. The van der Waals surface area contributed by atoms with Gasteiger partial charge in [-0.2, -0.15) is 4.98 Å². The van der Waals surface area contributed by atoms with Crippen LogP contribution in [0.5, 0.6) is 0 Å². The smallest absolute Gasteiger partial charge is 0.224 e. The van der Waals surface area contributed by atoms with Crippen LogP contribution in [0.25, 0.3) is 0 Å². The third-order valence-electron chi connectivity index (χ3n) is 4.63. The molecule has 1 aromatic heterocycles. The van der Waals surface area contributed by atoms with E-state index in [-0.39, 0.29) is 10.9 Å². The van der Waals surface area contributed by atoms with E-state index in [0.717, 1.165) is 30.2 Å². The molecule has 0 atom stereocenters. The Labute approximate surface area is 169 Å². The van der Waals surface area contributed by atoms with Crippen molar-refractivity contribution < 1.29 is 9.18 Å². The number of hydrogen-bond donors (Lipinski definition) is 2. The van der Waals surface area contributed by atoms with Crippen molar-refractivity contribution in [3.63, 3.8) is 0 Å². The van der Waals surface area contributed by atoms with E-state index in [1.807, 2.05) is 13.0 Å². The fourth-order valence-corrected chi connectivity index (χ4v) is 3.36. The Morgan fingerprint density at radius 2 is 2.00 bits per heavy atom. The highest BCUT2D eigenvalue weighted by atomic mass is 35.5. The Kier molecular flexibility index (Phi) is 7.03. The van der Waals surface area contributed by atoms with Crippen LogP contribution in [0.2, 0.25) is 5.02 Å². The number of benzene rings is 1. The summed E-state index contributed by atoms with van der Waals surface area (Å²) in [4.78, 5) is 23.2. The van der Waals surface area contributed by atoms with Crippen LogP contribution >= 0.6 is 11.6 Å². The van der Waals surface area contributed by atoms with Gasteiger partial charge in [0.15, 0.2) is 0 Å². The molecule has 0 radical (unpaired) electrons.